The van der Waals surface area contributed by atoms with E-state index < -0.39 is 0 Å². The summed E-state index contributed by atoms with van der Waals surface area (Å²) in [6, 6.07) is 3.97. The van der Waals surface area contributed by atoms with E-state index >= 15 is 0 Å². The van der Waals surface area contributed by atoms with E-state index in [0.29, 0.717) is 12.0 Å². The van der Waals surface area contributed by atoms with Crippen molar-refractivity contribution in [1.29, 1.82) is 0 Å². The topological polar surface area (TPSA) is 28.2 Å². The average molecular weight is 313 g/mol. The normalized spacial score (nSPS) is 16.0. The largest absolute Gasteiger partial charge is 0.309 e. The van der Waals surface area contributed by atoms with Gasteiger partial charge in [-0.15, -0.1) is 0 Å². The van der Waals surface area contributed by atoms with E-state index in [9.17, 15) is 4.39 Å². The number of halogens is 1. The lowest BCUT2D eigenvalue weighted by atomic mass is 9.97. The maximum absolute atomic E-state index is 13.0. The van der Waals surface area contributed by atoms with Crippen molar-refractivity contribution >= 4 is 11.8 Å². The zero-order chi connectivity index (χ0) is 15.8. The first-order valence-electron chi connectivity index (χ1n) is 7.53. The van der Waals surface area contributed by atoms with Crippen molar-refractivity contribution in [3.8, 4) is 0 Å². The quantitative estimate of drug-likeness (QED) is 0.758. The maximum Gasteiger partial charge on any atom is 0.141 e. The summed E-state index contributed by atoms with van der Waals surface area (Å²) in [5, 5.41) is 3.48. The van der Waals surface area contributed by atoms with Crippen LogP contribution in [-0.2, 0) is 0 Å². The van der Waals surface area contributed by atoms with Gasteiger partial charge in [-0.25, -0.2) is 4.39 Å². The second-order valence-corrected chi connectivity index (χ2v) is 6.57. The molecule has 0 saturated carbocycles. The van der Waals surface area contributed by atoms with Gasteiger partial charge in [0, 0.05) is 18.3 Å². The SMILES string of the molecule is CCNC(c1ccc(F)cn1)C(C)CN(C)C(C)CSC. The molecule has 1 rings (SSSR count). The van der Waals surface area contributed by atoms with E-state index in [0.717, 1.165) is 24.5 Å². The molecular formula is C16H28FN3S. The van der Waals surface area contributed by atoms with Crippen molar-refractivity contribution in [2.75, 3.05) is 32.1 Å². The van der Waals surface area contributed by atoms with E-state index in [1.165, 1.54) is 12.3 Å². The molecular weight excluding hydrogens is 285 g/mol. The van der Waals surface area contributed by atoms with Crippen LogP contribution in [0, 0.1) is 11.7 Å². The van der Waals surface area contributed by atoms with Crippen LogP contribution in [0.1, 0.15) is 32.5 Å². The van der Waals surface area contributed by atoms with Gasteiger partial charge in [0.25, 0.3) is 0 Å². The van der Waals surface area contributed by atoms with Crippen LogP contribution in [0.2, 0.25) is 0 Å². The summed E-state index contributed by atoms with van der Waals surface area (Å²) in [7, 11) is 2.17. The third-order valence-electron chi connectivity index (χ3n) is 3.80. The summed E-state index contributed by atoms with van der Waals surface area (Å²) >= 11 is 1.87. The van der Waals surface area contributed by atoms with Gasteiger partial charge >= 0.3 is 0 Å². The zero-order valence-electron chi connectivity index (χ0n) is 13.8. The summed E-state index contributed by atoms with van der Waals surface area (Å²) in [5.41, 5.74) is 0.914. The molecule has 0 saturated heterocycles. The van der Waals surface area contributed by atoms with Crippen LogP contribution in [0.25, 0.3) is 0 Å². The number of pyridine rings is 1. The van der Waals surface area contributed by atoms with Crippen molar-refractivity contribution in [3.63, 3.8) is 0 Å². The lowest BCUT2D eigenvalue weighted by Crippen LogP contribution is -2.39. The Hall–Kier alpha value is -0.650. The molecule has 1 N–H and O–H groups in total. The molecule has 0 spiro atoms. The van der Waals surface area contributed by atoms with E-state index in [1.54, 1.807) is 6.07 Å². The fourth-order valence-electron chi connectivity index (χ4n) is 2.50. The van der Waals surface area contributed by atoms with Crippen molar-refractivity contribution in [1.82, 2.24) is 15.2 Å². The molecule has 3 nitrogen and oxygen atoms in total. The van der Waals surface area contributed by atoms with Crippen LogP contribution in [0.3, 0.4) is 0 Å². The fourth-order valence-corrected chi connectivity index (χ4v) is 3.23. The Morgan fingerprint density at radius 1 is 1.38 bits per heavy atom. The molecule has 0 fully saturated rings. The number of aromatic nitrogens is 1. The zero-order valence-corrected chi connectivity index (χ0v) is 14.6. The molecule has 0 bridgehead atoms. The smallest absolute Gasteiger partial charge is 0.141 e. The number of hydrogen-bond acceptors (Lipinski definition) is 4. The first-order valence-corrected chi connectivity index (χ1v) is 8.93. The molecule has 5 heteroatoms. The first-order chi connectivity index (χ1) is 9.99. The van der Waals surface area contributed by atoms with Gasteiger partial charge < -0.3 is 10.2 Å². The van der Waals surface area contributed by atoms with Crippen molar-refractivity contribution in [2.24, 2.45) is 5.92 Å². The van der Waals surface area contributed by atoms with Gasteiger partial charge in [-0.3, -0.25) is 4.98 Å². The summed E-state index contributed by atoms with van der Waals surface area (Å²) in [4.78, 5) is 6.63. The van der Waals surface area contributed by atoms with E-state index in [2.05, 4.69) is 49.3 Å². The Morgan fingerprint density at radius 2 is 2.10 bits per heavy atom. The summed E-state index contributed by atoms with van der Waals surface area (Å²) in [6.07, 6.45) is 3.43. The predicted molar refractivity (Wildman–Crippen MR) is 90.3 cm³/mol. The molecule has 0 aliphatic heterocycles. The standard InChI is InChI=1S/C16H28FN3S/c1-6-18-16(15-8-7-14(17)9-19-15)12(2)10-20(4)13(3)11-21-5/h7-9,12-13,16,18H,6,10-11H2,1-5H3. The van der Waals surface area contributed by atoms with Gasteiger partial charge in [0.2, 0.25) is 0 Å². The molecule has 120 valence electrons. The highest BCUT2D eigenvalue weighted by Gasteiger charge is 2.22. The van der Waals surface area contributed by atoms with E-state index in [-0.39, 0.29) is 11.9 Å². The Labute approximate surface area is 132 Å². The van der Waals surface area contributed by atoms with Crippen molar-refractivity contribution in [2.45, 2.75) is 32.9 Å². The van der Waals surface area contributed by atoms with Crippen molar-refractivity contribution in [3.05, 3.63) is 29.8 Å². The number of hydrogen-bond donors (Lipinski definition) is 1. The monoisotopic (exact) mass is 313 g/mol. The highest BCUT2D eigenvalue weighted by molar-refractivity contribution is 7.98. The minimum atomic E-state index is -0.285. The molecule has 1 heterocycles. The Balaban J connectivity index is 2.73. The number of rotatable bonds is 9. The van der Waals surface area contributed by atoms with Crippen LogP contribution in [0.15, 0.2) is 18.3 Å². The minimum Gasteiger partial charge on any atom is -0.309 e. The average Bonchev–Trinajstić information content (AvgIpc) is 2.46. The van der Waals surface area contributed by atoms with Gasteiger partial charge in [-0.2, -0.15) is 11.8 Å². The molecule has 21 heavy (non-hydrogen) atoms. The van der Waals surface area contributed by atoms with Gasteiger partial charge in [0.1, 0.15) is 5.82 Å². The highest BCUT2D eigenvalue weighted by Crippen LogP contribution is 2.22. The number of nitrogens with one attached hydrogen (secondary N) is 1. The van der Waals surface area contributed by atoms with Crippen LogP contribution >= 0.6 is 11.8 Å². The lowest BCUT2D eigenvalue weighted by molar-refractivity contribution is 0.212. The third kappa shape index (κ3) is 5.93. The van der Waals surface area contributed by atoms with E-state index in [1.807, 2.05) is 11.8 Å². The first kappa shape index (κ1) is 18.4. The molecule has 0 aliphatic rings. The van der Waals surface area contributed by atoms with Gasteiger partial charge in [0.15, 0.2) is 0 Å². The second kappa shape index (κ2) is 9.38. The highest BCUT2D eigenvalue weighted by atomic mass is 32.2. The van der Waals surface area contributed by atoms with Crippen molar-refractivity contribution < 1.29 is 4.39 Å². The maximum atomic E-state index is 13.0. The Kier molecular flexibility index (Phi) is 8.22. The van der Waals surface area contributed by atoms with Crippen LogP contribution in [0.4, 0.5) is 4.39 Å². The summed E-state index contributed by atoms with van der Waals surface area (Å²) in [5.74, 6) is 1.24. The molecule has 1 aromatic heterocycles. The number of thioether (sulfide) groups is 1. The summed E-state index contributed by atoms with van der Waals surface area (Å²) in [6.45, 7) is 8.42. The summed E-state index contributed by atoms with van der Waals surface area (Å²) < 4.78 is 13.0. The number of nitrogens with zero attached hydrogens (tertiary/aromatic N) is 2. The molecule has 0 aliphatic carbocycles. The van der Waals surface area contributed by atoms with Gasteiger partial charge in [-0.05, 0) is 44.8 Å². The van der Waals surface area contributed by atoms with Gasteiger partial charge in [0.05, 0.1) is 17.9 Å². The minimum absolute atomic E-state index is 0.152. The van der Waals surface area contributed by atoms with Crippen LogP contribution in [-0.4, -0.2) is 48.1 Å². The Bertz CT molecular complexity index is 399. The van der Waals surface area contributed by atoms with Crippen LogP contribution < -0.4 is 5.32 Å². The fraction of sp³-hybridized carbons (Fsp3) is 0.688. The molecule has 0 amide bonds. The predicted octanol–water partition coefficient (Wildman–Crippen LogP) is 3.19. The third-order valence-corrected chi connectivity index (χ3v) is 4.61. The molecule has 0 radical (unpaired) electrons. The van der Waals surface area contributed by atoms with E-state index in [4.69, 9.17) is 0 Å². The lowest BCUT2D eigenvalue weighted by Gasteiger charge is -2.31. The Morgan fingerprint density at radius 3 is 2.62 bits per heavy atom. The molecule has 3 unspecified atom stereocenters. The second-order valence-electron chi connectivity index (χ2n) is 5.66. The van der Waals surface area contributed by atoms with Gasteiger partial charge in [-0.1, -0.05) is 13.8 Å². The van der Waals surface area contributed by atoms with Crippen LogP contribution in [0.5, 0.6) is 0 Å². The molecule has 1 aromatic rings. The molecule has 3 atom stereocenters. The molecule has 0 aromatic carbocycles.